The molecule has 6 heteroatoms. The molecule has 0 aromatic rings. The smallest absolute Gasteiger partial charge is 0.306 e. The number of carbonyl (C=O) groups excluding carboxylic acids is 3. The first-order valence-corrected chi connectivity index (χ1v) is 31.9. The Labute approximate surface area is 507 Å². The van der Waals surface area contributed by atoms with Gasteiger partial charge in [0.25, 0.3) is 0 Å². The van der Waals surface area contributed by atoms with E-state index in [1.165, 1.54) is 0 Å². The molecule has 0 spiro atoms. The van der Waals surface area contributed by atoms with Crippen LogP contribution < -0.4 is 0 Å². The van der Waals surface area contributed by atoms with E-state index in [0.29, 0.717) is 12.8 Å². The van der Waals surface area contributed by atoms with E-state index >= 15 is 0 Å². The summed E-state index contributed by atoms with van der Waals surface area (Å²) in [6.45, 7) is 6.14. The molecule has 0 bridgehead atoms. The molecule has 0 amide bonds. The largest absolute Gasteiger partial charge is 0.462 e. The van der Waals surface area contributed by atoms with E-state index < -0.39 is 12.1 Å². The number of carbonyl (C=O) groups is 3. The lowest BCUT2D eigenvalue weighted by atomic mass is 10.1. The summed E-state index contributed by atoms with van der Waals surface area (Å²) in [7, 11) is 0. The lowest BCUT2D eigenvalue weighted by molar-refractivity contribution is -0.167. The molecular weight excluding hydrogens is 1020 g/mol. The van der Waals surface area contributed by atoms with Crippen molar-refractivity contribution in [2.75, 3.05) is 13.2 Å². The Morgan fingerprint density at radius 1 is 0.241 bits per heavy atom. The van der Waals surface area contributed by atoms with Gasteiger partial charge in [0.15, 0.2) is 6.10 Å². The average molecular weight is 1130 g/mol. The van der Waals surface area contributed by atoms with Crippen molar-refractivity contribution in [1.82, 2.24) is 0 Å². The fraction of sp³-hybridized carbons (Fsp3) is 0.468. The lowest BCUT2D eigenvalue weighted by Gasteiger charge is -2.18. The fourth-order valence-electron chi connectivity index (χ4n) is 7.50. The third kappa shape index (κ3) is 66.2. The normalized spacial score (nSPS) is 13.7. The predicted molar refractivity (Wildman–Crippen MR) is 361 cm³/mol. The van der Waals surface area contributed by atoms with Crippen LogP contribution in [0.15, 0.2) is 231 Å². The van der Waals surface area contributed by atoms with Gasteiger partial charge >= 0.3 is 17.9 Å². The van der Waals surface area contributed by atoms with Crippen LogP contribution in [0, 0.1) is 0 Å². The number of allylic oxidation sites excluding steroid dienone is 38. The number of unbranched alkanes of at least 4 members (excludes halogenated alkanes) is 5. The van der Waals surface area contributed by atoms with Gasteiger partial charge in [-0.3, -0.25) is 14.4 Å². The predicted octanol–water partition coefficient (Wildman–Crippen LogP) is 22.3. The summed E-state index contributed by atoms with van der Waals surface area (Å²) >= 11 is 0. The Bertz CT molecular complexity index is 2130. The molecule has 0 saturated heterocycles. The van der Waals surface area contributed by atoms with Crippen LogP contribution in [0.4, 0.5) is 0 Å². The van der Waals surface area contributed by atoms with Gasteiger partial charge in [-0.2, -0.15) is 0 Å². The maximum Gasteiger partial charge on any atom is 0.306 e. The molecule has 1 unspecified atom stereocenters. The highest BCUT2D eigenvalue weighted by Gasteiger charge is 2.19. The molecule has 0 aliphatic rings. The molecule has 0 rings (SSSR count). The van der Waals surface area contributed by atoms with Crippen molar-refractivity contribution in [2.45, 2.75) is 219 Å². The highest BCUT2D eigenvalue weighted by molar-refractivity contribution is 5.71. The van der Waals surface area contributed by atoms with Gasteiger partial charge in [0.2, 0.25) is 0 Å². The van der Waals surface area contributed by atoms with Crippen LogP contribution in [0.1, 0.15) is 213 Å². The van der Waals surface area contributed by atoms with Crippen LogP contribution in [-0.4, -0.2) is 37.2 Å². The Balaban J connectivity index is 4.61. The maximum atomic E-state index is 12.9. The van der Waals surface area contributed by atoms with E-state index in [9.17, 15) is 14.4 Å². The van der Waals surface area contributed by atoms with Gasteiger partial charge in [-0.1, -0.05) is 258 Å². The SMILES string of the molecule is CC/C=C\C/C=C\C/C=C\C/C=C\C/C=C\C/C=C\C/C=C\C/C=C\C/C=C\CCCC(=O)OCC(COC(=O)CCCCC/C=C\C/C=C\C/C=C\CC)OC(=O)CCC/C=C\C/C=C\C/C=C\C/C=C\C/C=C\C/C=C\C/C=C\CC. The Morgan fingerprint density at radius 3 is 0.699 bits per heavy atom. The van der Waals surface area contributed by atoms with Crippen molar-refractivity contribution in [3.05, 3.63) is 231 Å². The van der Waals surface area contributed by atoms with E-state index in [1.54, 1.807) is 0 Å². The minimum atomic E-state index is -0.862. The van der Waals surface area contributed by atoms with Gasteiger partial charge in [-0.05, 0) is 167 Å². The van der Waals surface area contributed by atoms with Gasteiger partial charge in [-0.15, -0.1) is 0 Å². The third-order valence-electron chi connectivity index (χ3n) is 12.1. The second kappa shape index (κ2) is 68.0. The van der Waals surface area contributed by atoms with Gasteiger partial charge in [-0.25, -0.2) is 0 Å². The zero-order chi connectivity index (χ0) is 59.9. The molecule has 83 heavy (non-hydrogen) atoms. The summed E-state index contributed by atoms with van der Waals surface area (Å²) in [6, 6.07) is 0. The maximum absolute atomic E-state index is 12.9. The van der Waals surface area contributed by atoms with E-state index in [-0.39, 0.29) is 44.4 Å². The van der Waals surface area contributed by atoms with Crippen molar-refractivity contribution in [1.29, 1.82) is 0 Å². The highest BCUT2D eigenvalue weighted by atomic mass is 16.6. The van der Waals surface area contributed by atoms with Crippen LogP contribution in [0.5, 0.6) is 0 Å². The van der Waals surface area contributed by atoms with Crippen molar-refractivity contribution in [2.24, 2.45) is 0 Å². The molecule has 0 aromatic heterocycles. The first-order valence-electron chi connectivity index (χ1n) is 31.9. The summed E-state index contributed by atoms with van der Waals surface area (Å²) in [5.41, 5.74) is 0. The number of hydrogen-bond acceptors (Lipinski definition) is 6. The molecule has 0 heterocycles. The molecule has 0 aliphatic carbocycles. The topological polar surface area (TPSA) is 78.9 Å². The van der Waals surface area contributed by atoms with Crippen LogP contribution in [-0.2, 0) is 28.6 Å². The number of hydrogen-bond donors (Lipinski definition) is 0. The Kier molecular flexibility index (Phi) is 62.6. The monoisotopic (exact) mass is 1130 g/mol. The standard InChI is InChI=1S/C77H112O6/c1-4-7-10-13-16-19-22-25-27-29-31-33-35-36-37-38-39-40-42-43-45-47-49-52-55-58-61-64-67-70-76(79)82-73-74(72-81-75(78)69-66-63-60-57-54-51-24-21-18-15-12-9-6-3)83-77(80)71-68-65-62-59-56-53-50-48-46-44-41-34-32-30-28-26-23-20-17-14-11-8-5-2/h7-12,16-21,25-28,31-34,36-37,39-40,43-46,49-54,58-59,61-62,74H,4-6,13-15,22-24,29-30,35,38,41-42,47-48,55-57,60,63-73H2,1-3H3/b10-7-,11-8-,12-9-,19-16-,20-17-,21-18-,27-25-,28-26-,33-31-,34-32-,37-36-,40-39-,45-43-,46-44-,52-49-,53-50-,54-51-,61-58-,62-59-. The second-order valence-electron chi connectivity index (χ2n) is 19.8. The second-order valence-corrected chi connectivity index (χ2v) is 19.8. The van der Waals surface area contributed by atoms with Crippen molar-refractivity contribution >= 4 is 17.9 Å². The minimum Gasteiger partial charge on any atom is -0.462 e. The number of rotatable bonds is 54. The summed E-state index contributed by atoms with van der Waals surface area (Å²) in [5, 5.41) is 0. The highest BCUT2D eigenvalue weighted by Crippen LogP contribution is 2.10. The first-order chi connectivity index (χ1) is 41.0. The Morgan fingerprint density at radius 2 is 0.446 bits per heavy atom. The van der Waals surface area contributed by atoms with Crippen LogP contribution in [0.25, 0.3) is 0 Å². The van der Waals surface area contributed by atoms with Gasteiger partial charge in [0.1, 0.15) is 13.2 Å². The lowest BCUT2D eigenvalue weighted by Crippen LogP contribution is -2.30. The van der Waals surface area contributed by atoms with Crippen LogP contribution >= 0.6 is 0 Å². The minimum absolute atomic E-state index is 0.149. The van der Waals surface area contributed by atoms with E-state index in [1.807, 2.05) is 0 Å². The molecule has 456 valence electrons. The molecular formula is C77H112O6. The van der Waals surface area contributed by atoms with Crippen molar-refractivity contribution in [3.63, 3.8) is 0 Å². The van der Waals surface area contributed by atoms with E-state index in [0.717, 1.165) is 161 Å². The van der Waals surface area contributed by atoms with Crippen LogP contribution in [0.3, 0.4) is 0 Å². The van der Waals surface area contributed by atoms with E-state index in [2.05, 4.69) is 252 Å². The summed E-state index contributed by atoms with van der Waals surface area (Å²) in [6.07, 6.45) is 108. The summed E-state index contributed by atoms with van der Waals surface area (Å²) in [5.74, 6) is -1.12. The third-order valence-corrected chi connectivity index (χ3v) is 12.1. The molecule has 0 fully saturated rings. The molecule has 6 nitrogen and oxygen atoms in total. The molecule has 0 saturated carbocycles. The van der Waals surface area contributed by atoms with Gasteiger partial charge in [0, 0.05) is 19.3 Å². The average Bonchev–Trinajstić information content (AvgIpc) is 3.49. The molecule has 0 aliphatic heterocycles. The van der Waals surface area contributed by atoms with Crippen molar-refractivity contribution < 1.29 is 28.6 Å². The summed E-state index contributed by atoms with van der Waals surface area (Å²) in [4.78, 5) is 38.2. The summed E-state index contributed by atoms with van der Waals surface area (Å²) < 4.78 is 16.8. The van der Waals surface area contributed by atoms with Crippen LogP contribution in [0.2, 0.25) is 0 Å². The molecule has 0 N–H and O–H groups in total. The quantitative estimate of drug-likeness (QED) is 0.0261. The van der Waals surface area contributed by atoms with Gasteiger partial charge in [0.05, 0.1) is 0 Å². The molecule has 1 atom stereocenters. The van der Waals surface area contributed by atoms with Gasteiger partial charge < -0.3 is 14.2 Å². The molecule has 0 aromatic carbocycles. The number of esters is 3. The number of ether oxygens (including phenoxy) is 3. The fourth-order valence-corrected chi connectivity index (χ4v) is 7.50. The van der Waals surface area contributed by atoms with E-state index in [4.69, 9.17) is 14.2 Å². The first kappa shape index (κ1) is 76.5. The zero-order valence-corrected chi connectivity index (χ0v) is 52.1. The van der Waals surface area contributed by atoms with Crippen molar-refractivity contribution in [3.8, 4) is 0 Å². The zero-order valence-electron chi connectivity index (χ0n) is 52.1. The Hall–Kier alpha value is -6.53. The molecule has 0 radical (unpaired) electrons.